The maximum Gasteiger partial charge on any atom is 0.246 e. The van der Waals surface area contributed by atoms with Gasteiger partial charge in [-0.1, -0.05) is 54.6 Å². The maximum absolute atomic E-state index is 13.7. The third-order valence-electron chi connectivity index (χ3n) is 5.83. The van der Waals surface area contributed by atoms with E-state index in [1.165, 1.54) is 12.1 Å². The summed E-state index contributed by atoms with van der Waals surface area (Å²) in [4.78, 5) is 19.6. The summed E-state index contributed by atoms with van der Waals surface area (Å²) < 4.78 is 30.5. The van der Waals surface area contributed by atoms with Crippen molar-refractivity contribution in [3.8, 4) is 0 Å². The van der Waals surface area contributed by atoms with Crippen molar-refractivity contribution < 1.29 is 13.2 Å². The number of hydrogen-bond donors (Lipinski definition) is 0. The molecule has 180 valence electrons. The number of benzene rings is 2. The minimum atomic E-state index is -4.01. The first-order valence-corrected chi connectivity index (χ1v) is 12.7. The molecule has 7 nitrogen and oxygen atoms in total. The molecule has 0 bridgehead atoms. The molecule has 1 amide bonds. The van der Waals surface area contributed by atoms with E-state index in [4.69, 9.17) is 0 Å². The van der Waals surface area contributed by atoms with Crippen LogP contribution in [-0.4, -0.2) is 46.2 Å². The summed E-state index contributed by atoms with van der Waals surface area (Å²) in [6, 6.07) is 22.1. The summed E-state index contributed by atoms with van der Waals surface area (Å²) >= 11 is 0. The topological polar surface area (TPSA) is 75.5 Å². The van der Waals surface area contributed by atoms with Gasteiger partial charge in [0.05, 0.1) is 18.6 Å². The Morgan fingerprint density at radius 3 is 2.49 bits per heavy atom. The Labute approximate surface area is 206 Å². The highest BCUT2D eigenvalue weighted by Gasteiger charge is 2.30. The van der Waals surface area contributed by atoms with Gasteiger partial charge in [-0.2, -0.15) is 4.31 Å². The van der Waals surface area contributed by atoms with E-state index in [0.717, 1.165) is 15.6 Å². The third kappa shape index (κ3) is 5.50. The van der Waals surface area contributed by atoms with E-state index >= 15 is 0 Å². The second-order valence-corrected chi connectivity index (χ2v) is 10.2. The molecule has 0 fully saturated rings. The first-order valence-electron chi connectivity index (χ1n) is 11.3. The lowest BCUT2D eigenvalue weighted by Gasteiger charge is -2.27. The number of pyridine rings is 1. The molecule has 0 N–H and O–H groups in total. The molecule has 0 aliphatic rings. The molecule has 8 heteroatoms. The monoisotopic (exact) mass is 488 g/mol. The Morgan fingerprint density at radius 2 is 1.77 bits per heavy atom. The van der Waals surface area contributed by atoms with Crippen molar-refractivity contribution in [1.82, 2.24) is 18.8 Å². The van der Waals surface area contributed by atoms with Gasteiger partial charge in [-0.25, -0.2) is 8.42 Å². The third-order valence-corrected chi connectivity index (χ3v) is 7.67. The number of nitrogens with zero attached hydrogens (tertiary/aromatic N) is 4. The Bertz CT molecular complexity index is 1430. The van der Waals surface area contributed by atoms with E-state index in [1.807, 2.05) is 72.4 Å². The zero-order chi connectivity index (χ0) is 24.8. The Hall–Kier alpha value is -3.75. The molecule has 0 saturated heterocycles. The van der Waals surface area contributed by atoms with Crippen molar-refractivity contribution >= 4 is 26.8 Å². The average Bonchev–Trinajstić information content (AvgIpc) is 3.27. The van der Waals surface area contributed by atoms with Crippen LogP contribution < -0.4 is 0 Å². The van der Waals surface area contributed by atoms with E-state index in [1.54, 1.807) is 23.2 Å². The van der Waals surface area contributed by atoms with Gasteiger partial charge in [-0.05, 0) is 29.8 Å². The molecule has 2 aromatic heterocycles. The summed E-state index contributed by atoms with van der Waals surface area (Å²) in [5, 5.41) is 0.716. The highest BCUT2D eigenvalue weighted by molar-refractivity contribution is 7.89. The number of amides is 1. The van der Waals surface area contributed by atoms with E-state index in [2.05, 4.69) is 11.6 Å². The minimum absolute atomic E-state index is 0.000621. The molecule has 2 aromatic carbocycles. The quantitative estimate of drug-likeness (QED) is 0.317. The maximum atomic E-state index is 13.7. The van der Waals surface area contributed by atoms with Gasteiger partial charge in [0.25, 0.3) is 0 Å². The van der Waals surface area contributed by atoms with E-state index < -0.39 is 10.0 Å². The zero-order valence-corrected chi connectivity index (χ0v) is 20.4. The molecular formula is C27H28N4O3S. The SMILES string of the molecule is C=CCN(CC(=O)N(Cc1ccccc1)Cc1cccn1C)S(=O)(=O)c1cccc2cccnc12. The van der Waals surface area contributed by atoms with Crippen molar-refractivity contribution in [3.63, 3.8) is 0 Å². The van der Waals surface area contributed by atoms with Gasteiger partial charge >= 0.3 is 0 Å². The van der Waals surface area contributed by atoms with Crippen LogP contribution in [0.1, 0.15) is 11.3 Å². The summed E-state index contributed by atoms with van der Waals surface area (Å²) in [5.74, 6) is -0.298. The average molecular weight is 489 g/mol. The van der Waals surface area contributed by atoms with E-state index in [0.29, 0.717) is 24.0 Å². The van der Waals surface area contributed by atoms with Crippen LogP contribution in [0.25, 0.3) is 10.9 Å². The predicted molar refractivity (Wildman–Crippen MR) is 137 cm³/mol. The van der Waals surface area contributed by atoms with Crippen LogP contribution in [0.15, 0.2) is 103 Å². The van der Waals surface area contributed by atoms with Gasteiger partial charge in [-0.15, -0.1) is 6.58 Å². The summed E-state index contributed by atoms with van der Waals surface area (Å²) in [5.41, 5.74) is 2.29. The van der Waals surface area contributed by atoms with Crippen LogP contribution in [0, 0.1) is 0 Å². The molecule has 0 unspecified atom stereocenters. The van der Waals surface area contributed by atoms with Crippen LogP contribution in [0.3, 0.4) is 0 Å². The number of rotatable bonds is 10. The van der Waals surface area contributed by atoms with Gasteiger partial charge in [-0.3, -0.25) is 9.78 Å². The van der Waals surface area contributed by atoms with Gasteiger partial charge in [0.1, 0.15) is 4.90 Å². The van der Waals surface area contributed by atoms with E-state index in [9.17, 15) is 13.2 Å². The molecule has 0 saturated carbocycles. The smallest absolute Gasteiger partial charge is 0.246 e. The molecule has 0 aliphatic heterocycles. The number of aromatic nitrogens is 2. The first-order chi connectivity index (χ1) is 16.9. The standard InChI is InChI=1S/C27H28N4O3S/c1-3-17-31(35(33,34)25-15-7-12-23-13-8-16-28-27(23)25)21-26(32)30(19-22-10-5-4-6-11-22)20-24-14-9-18-29(24)2/h3-16,18H,1,17,19-21H2,2H3. The molecular weight excluding hydrogens is 460 g/mol. The van der Waals surface area contributed by atoms with E-state index in [-0.39, 0.29) is 23.9 Å². The Balaban J connectivity index is 1.65. The normalized spacial score (nSPS) is 11.6. The Kier molecular flexibility index (Phi) is 7.43. The van der Waals surface area contributed by atoms with Crippen molar-refractivity contribution in [2.45, 2.75) is 18.0 Å². The first kappa shape index (κ1) is 24.4. The fraction of sp³-hybridized carbons (Fsp3) is 0.185. The second kappa shape index (κ2) is 10.7. The largest absolute Gasteiger partial charge is 0.353 e. The number of fused-ring (bicyclic) bond motifs is 1. The number of carbonyl (C=O) groups excluding carboxylic acids is 1. The van der Waals surface area contributed by atoms with Crippen LogP contribution in [0.2, 0.25) is 0 Å². The number of sulfonamides is 1. The summed E-state index contributed by atoms with van der Waals surface area (Å²) in [6.45, 7) is 4.12. The minimum Gasteiger partial charge on any atom is -0.353 e. The van der Waals surface area contributed by atoms with Crippen LogP contribution in [0.5, 0.6) is 0 Å². The number of carbonyl (C=O) groups is 1. The van der Waals surface area contributed by atoms with Gasteiger partial charge in [0, 0.05) is 43.6 Å². The molecule has 4 rings (SSSR count). The van der Waals surface area contributed by atoms with Crippen molar-refractivity contribution in [3.05, 3.63) is 109 Å². The van der Waals surface area contributed by atoms with Crippen LogP contribution >= 0.6 is 0 Å². The van der Waals surface area contributed by atoms with Gasteiger partial charge in [0.2, 0.25) is 15.9 Å². The number of hydrogen-bond acceptors (Lipinski definition) is 4. The van der Waals surface area contributed by atoms with Gasteiger partial charge in [0.15, 0.2) is 0 Å². The molecule has 0 spiro atoms. The lowest BCUT2D eigenvalue weighted by Crippen LogP contribution is -2.42. The fourth-order valence-corrected chi connectivity index (χ4v) is 5.48. The van der Waals surface area contributed by atoms with Crippen LogP contribution in [-0.2, 0) is 35.0 Å². The lowest BCUT2D eigenvalue weighted by atomic mass is 10.2. The molecule has 35 heavy (non-hydrogen) atoms. The summed E-state index contributed by atoms with van der Waals surface area (Å²) in [7, 11) is -2.10. The molecule has 0 aliphatic carbocycles. The highest BCUT2D eigenvalue weighted by atomic mass is 32.2. The molecule has 2 heterocycles. The summed E-state index contributed by atoms with van der Waals surface area (Å²) in [6.07, 6.45) is 4.97. The van der Waals surface area contributed by atoms with Crippen molar-refractivity contribution in [1.29, 1.82) is 0 Å². The van der Waals surface area contributed by atoms with Crippen molar-refractivity contribution in [2.75, 3.05) is 13.1 Å². The fourth-order valence-electron chi connectivity index (χ4n) is 3.96. The van der Waals surface area contributed by atoms with Crippen LogP contribution in [0.4, 0.5) is 0 Å². The number of para-hydroxylation sites is 1. The molecule has 0 radical (unpaired) electrons. The highest BCUT2D eigenvalue weighted by Crippen LogP contribution is 2.24. The molecule has 0 atom stereocenters. The Morgan fingerprint density at radius 1 is 1.00 bits per heavy atom. The lowest BCUT2D eigenvalue weighted by molar-refractivity contribution is -0.132. The van der Waals surface area contributed by atoms with Gasteiger partial charge < -0.3 is 9.47 Å². The predicted octanol–water partition coefficient (Wildman–Crippen LogP) is 3.98. The molecule has 4 aromatic rings. The number of aryl methyl sites for hydroxylation is 1. The van der Waals surface area contributed by atoms with Crippen molar-refractivity contribution in [2.24, 2.45) is 7.05 Å². The zero-order valence-electron chi connectivity index (χ0n) is 19.6. The second-order valence-electron chi connectivity index (χ2n) is 8.26.